The van der Waals surface area contributed by atoms with E-state index in [1.165, 1.54) is 10.4 Å². The van der Waals surface area contributed by atoms with Gasteiger partial charge in [0.15, 0.2) is 0 Å². The minimum atomic E-state index is 0.204. The number of nitrogens with zero attached hydrogens (tertiary/aromatic N) is 2. The minimum absolute atomic E-state index is 0.204. The van der Waals surface area contributed by atoms with Crippen molar-refractivity contribution in [1.29, 1.82) is 0 Å². The Bertz CT molecular complexity index is 556. The van der Waals surface area contributed by atoms with Gasteiger partial charge in [-0.2, -0.15) is 0 Å². The first-order valence-corrected chi connectivity index (χ1v) is 6.67. The molecule has 68 valence electrons. The van der Waals surface area contributed by atoms with E-state index in [1.807, 2.05) is 0 Å². The molecule has 0 radical (unpaired) electrons. The molecule has 0 saturated carbocycles. The first-order valence-electron chi connectivity index (χ1n) is 4.25. The van der Waals surface area contributed by atoms with Gasteiger partial charge in [0.05, 0.1) is 0 Å². The average molecular weight is 266 g/mol. The third-order valence-corrected chi connectivity index (χ3v) is 4.51. The third-order valence-electron chi connectivity index (χ3n) is 2.04. The second-order valence-corrected chi connectivity index (χ2v) is 5.41. The summed E-state index contributed by atoms with van der Waals surface area (Å²) in [6.07, 6.45) is 2.10. The molecule has 0 N–H and O–H groups in total. The second kappa shape index (κ2) is 3.31. The topological polar surface area (TPSA) is 17.0 Å². The maximum absolute atomic E-state index is 4.60. The van der Waals surface area contributed by atoms with Gasteiger partial charge in [-0.25, -0.2) is 0 Å². The molecule has 0 aromatic carbocycles. The number of hydrogen-bond donors (Lipinski definition) is 0. The van der Waals surface area contributed by atoms with Crippen LogP contribution in [0.1, 0.15) is 0 Å². The van der Waals surface area contributed by atoms with Crippen LogP contribution < -0.4 is 3.40 Å². The standard InChI is InChI=1S/C10H7N2SSe/c1-2-6-12-8(4-1)10(11-14-12)9-5-3-7-13-9/h1-7H/q+1. The van der Waals surface area contributed by atoms with Gasteiger partial charge in [-0.15, -0.1) is 0 Å². The Morgan fingerprint density at radius 2 is 2.21 bits per heavy atom. The fraction of sp³-hybridized carbons (Fsp3) is 0. The normalized spacial score (nSPS) is 10.9. The first-order chi connectivity index (χ1) is 6.95. The van der Waals surface area contributed by atoms with Crippen molar-refractivity contribution in [3.63, 3.8) is 0 Å². The summed E-state index contributed by atoms with van der Waals surface area (Å²) in [6, 6.07) is 10.4. The van der Waals surface area contributed by atoms with E-state index in [0.29, 0.717) is 0 Å². The van der Waals surface area contributed by atoms with Crippen LogP contribution in [-0.2, 0) is 0 Å². The van der Waals surface area contributed by atoms with Crippen molar-refractivity contribution >= 4 is 31.8 Å². The molecular weight excluding hydrogens is 259 g/mol. The fourth-order valence-electron chi connectivity index (χ4n) is 1.40. The Kier molecular flexibility index (Phi) is 1.98. The number of aromatic nitrogens is 2. The maximum atomic E-state index is 4.60. The summed E-state index contributed by atoms with van der Waals surface area (Å²) < 4.78 is 6.82. The van der Waals surface area contributed by atoms with E-state index in [2.05, 4.69) is 49.3 Å². The molecule has 0 spiro atoms. The zero-order valence-electron chi connectivity index (χ0n) is 7.25. The summed E-state index contributed by atoms with van der Waals surface area (Å²) in [6.45, 7) is 0. The van der Waals surface area contributed by atoms with Gasteiger partial charge in [-0.05, 0) is 0 Å². The molecule has 3 rings (SSSR count). The van der Waals surface area contributed by atoms with Crippen LogP contribution >= 0.6 is 11.3 Å². The zero-order valence-corrected chi connectivity index (χ0v) is 9.78. The second-order valence-electron chi connectivity index (χ2n) is 2.91. The molecule has 0 bridgehead atoms. The van der Waals surface area contributed by atoms with Crippen LogP contribution in [0.15, 0.2) is 41.9 Å². The quantitative estimate of drug-likeness (QED) is 0.611. The number of hydrogen-bond acceptors (Lipinski definition) is 2. The van der Waals surface area contributed by atoms with E-state index in [1.54, 1.807) is 11.3 Å². The van der Waals surface area contributed by atoms with Gasteiger partial charge in [0.1, 0.15) is 0 Å². The van der Waals surface area contributed by atoms with Gasteiger partial charge in [-0.3, -0.25) is 0 Å². The molecule has 0 aliphatic carbocycles. The van der Waals surface area contributed by atoms with E-state index in [-0.39, 0.29) is 15.0 Å². The summed E-state index contributed by atoms with van der Waals surface area (Å²) in [5.41, 5.74) is 2.40. The van der Waals surface area contributed by atoms with E-state index < -0.39 is 0 Å². The van der Waals surface area contributed by atoms with Gasteiger partial charge in [0.2, 0.25) is 0 Å². The molecule has 4 heteroatoms. The molecule has 0 saturated heterocycles. The molecule has 0 unspecified atom stereocenters. The van der Waals surface area contributed by atoms with E-state index in [4.69, 9.17) is 0 Å². The summed E-state index contributed by atoms with van der Waals surface area (Å²) in [4.78, 5) is 1.27. The molecule has 0 fully saturated rings. The van der Waals surface area contributed by atoms with Gasteiger partial charge in [-0.1, -0.05) is 0 Å². The zero-order chi connectivity index (χ0) is 9.38. The van der Waals surface area contributed by atoms with Gasteiger partial charge < -0.3 is 0 Å². The molecule has 0 aliphatic heterocycles. The predicted molar refractivity (Wildman–Crippen MR) is 57.7 cm³/mol. The first kappa shape index (κ1) is 8.36. The van der Waals surface area contributed by atoms with Crippen molar-refractivity contribution in [3.8, 4) is 10.6 Å². The van der Waals surface area contributed by atoms with Crippen LogP contribution in [0.25, 0.3) is 16.1 Å². The van der Waals surface area contributed by atoms with Crippen molar-refractivity contribution in [2.75, 3.05) is 0 Å². The summed E-state index contributed by atoms with van der Waals surface area (Å²) in [5.74, 6) is 0. The van der Waals surface area contributed by atoms with Crippen LogP contribution in [0.4, 0.5) is 0 Å². The number of thiophene rings is 1. The molecule has 14 heavy (non-hydrogen) atoms. The van der Waals surface area contributed by atoms with Crippen LogP contribution in [-0.4, -0.2) is 18.9 Å². The molecule has 0 amide bonds. The SMILES string of the molecule is c1csc(-c2n[se][n+]3ccccc23)c1. The van der Waals surface area contributed by atoms with Crippen LogP contribution in [0.3, 0.4) is 0 Å². The summed E-state index contributed by atoms with van der Waals surface area (Å²) >= 11 is 1.95. The Morgan fingerprint density at radius 1 is 1.21 bits per heavy atom. The fourth-order valence-corrected chi connectivity index (χ4v) is 3.77. The third kappa shape index (κ3) is 1.23. The van der Waals surface area contributed by atoms with Gasteiger partial charge in [0, 0.05) is 0 Å². The Morgan fingerprint density at radius 3 is 3.07 bits per heavy atom. The number of pyridine rings is 1. The van der Waals surface area contributed by atoms with Crippen molar-refractivity contribution in [2.24, 2.45) is 0 Å². The molecule has 2 nitrogen and oxygen atoms in total. The Labute approximate surface area is 91.7 Å². The summed E-state index contributed by atoms with van der Waals surface area (Å²) in [7, 11) is 0. The van der Waals surface area contributed by atoms with E-state index in [0.717, 1.165) is 5.69 Å². The van der Waals surface area contributed by atoms with Crippen molar-refractivity contribution < 1.29 is 3.40 Å². The average Bonchev–Trinajstić information content (AvgIpc) is 2.85. The van der Waals surface area contributed by atoms with Crippen molar-refractivity contribution in [2.45, 2.75) is 0 Å². The predicted octanol–water partition coefficient (Wildman–Crippen LogP) is 1.61. The van der Waals surface area contributed by atoms with Gasteiger partial charge >= 0.3 is 91.7 Å². The van der Waals surface area contributed by atoms with Crippen molar-refractivity contribution in [1.82, 2.24) is 3.98 Å². The van der Waals surface area contributed by atoms with Crippen LogP contribution in [0, 0.1) is 0 Å². The number of rotatable bonds is 1. The molecule has 3 heterocycles. The molecule has 3 aromatic rings. The molecule has 0 aliphatic rings. The van der Waals surface area contributed by atoms with E-state index in [9.17, 15) is 0 Å². The number of fused-ring (bicyclic) bond motifs is 1. The molecule has 0 atom stereocenters. The Hall–Kier alpha value is -0.961. The Balaban J connectivity index is 2.33. The monoisotopic (exact) mass is 267 g/mol. The van der Waals surface area contributed by atoms with Gasteiger partial charge in [0.25, 0.3) is 0 Å². The van der Waals surface area contributed by atoms with Crippen LogP contribution in [0.2, 0.25) is 0 Å². The van der Waals surface area contributed by atoms with Crippen LogP contribution in [0.5, 0.6) is 0 Å². The summed E-state index contributed by atoms with van der Waals surface area (Å²) in [5, 5.41) is 2.09. The molecular formula is C10H7N2SSe+. The van der Waals surface area contributed by atoms with E-state index >= 15 is 0 Å². The molecule has 3 aromatic heterocycles. The van der Waals surface area contributed by atoms with Crippen molar-refractivity contribution in [3.05, 3.63) is 41.9 Å².